The summed E-state index contributed by atoms with van der Waals surface area (Å²) in [7, 11) is 0. The zero-order valence-electron chi connectivity index (χ0n) is 12.4. The van der Waals surface area contributed by atoms with Crippen LogP contribution in [0.2, 0.25) is 5.02 Å². The molecule has 1 heterocycles. The molecule has 2 rings (SSSR count). The number of rotatable bonds is 5. The van der Waals surface area contributed by atoms with Crippen molar-refractivity contribution in [2.45, 2.75) is 38.6 Å². The van der Waals surface area contributed by atoms with Gasteiger partial charge in [0, 0.05) is 19.1 Å². The van der Waals surface area contributed by atoms with E-state index in [1.54, 1.807) is 11.0 Å². The van der Waals surface area contributed by atoms with Gasteiger partial charge in [-0.2, -0.15) is 0 Å². The van der Waals surface area contributed by atoms with Gasteiger partial charge in [0.15, 0.2) is 0 Å². The SMILES string of the molecule is CCCN(CC1CCCCN1)C(=O)c1cccc(F)c1Cl. The van der Waals surface area contributed by atoms with Gasteiger partial charge in [-0.15, -0.1) is 0 Å². The first kappa shape index (κ1) is 16.2. The van der Waals surface area contributed by atoms with E-state index in [0.717, 1.165) is 19.4 Å². The number of halogens is 2. The van der Waals surface area contributed by atoms with Gasteiger partial charge in [-0.3, -0.25) is 4.79 Å². The van der Waals surface area contributed by atoms with Gasteiger partial charge in [-0.1, -0.05) is 31.0 Å². The first-order valence-electron chi connectivity index (χ1n) is 7.60. The number of hydrogen-bond donors (Lipinski definition) is 1. The molecule has 0 radical (unpaired) electrons. The summed E-state index contributed by atoms with van der Waals surface area (Å²) in [5.74, 6) is -0.733. The van der Waals surface area contributed by atoms with Crippen LogP contribution in [0.15, 0.2) is 18.2 Å². The fraction of sp³-hybridized carbons (Fsp3) is 0.562. The summed E-state index contributed by atoms with van der Waals surface area (Å²) in [4.78, 5) is 14.4. The Morgan fingerprint density at radius 2 is 2.29 bits per heavy atom. The quantitative estimate of drug-likeness (QED) is 0.903. The van der Waals surface area contributed by atoms with Crippen LogP contribution in [0.25, 0.3) is 0 Å². The molecule has 116 valence electrons. The molecule has 1 fully saturated rings. The summed E-state index contributed by atoms with van der Waals surface area (Å²) in [6, 6.07) is 4.70. The van der Waals surface area contributed by atoms with Gasteiger partial charge >= 0.3 is 0 Å². The molecule has 1 N–H and O–H groups in total. The molecule has 1 saturated heterocycles. The van der Waals surface area contributed by atoms with Crippen molar-refractivity contribution < 1.29 is 9.18 Å². The lowest BCUT2D eigenvalue weighted by Crippen LogP contribution is -2.46. The molecule has 3 nitrogen and oxygen atoms in total. The first-order valence-corrected chi connectivity index (χ1v) is 7.98. The van der Waals surface area contributed by atoms with Crippen LogP contribution in [-0.4, -0.2) is 36.5 Å². The van der Waals surface area contributed by atoms with E-state index in [-0.39, 0.29) is 16.5 Å². The summed E-state index contributed by atoms with van der Waals surface area (Å²) in [5.41, 5.74) is 0.251. The smallest absolute Gasteiger partial charge is 0.255 e. The van der Waals surface area contributed by atoms with E-state index in [1.165, 1.54) is 25.0 Å². The molecule has 1 atom stereocenters. The van der Waals surface area contributed by atoms with Gasteiger partial charge in [-0.05, 0) is 37.9 Å². The van der Waals surface area contributed by atoms with Crippen molar-refractivity contribution in [2.75, 3.05) is 19.6 Å². The van der Waals surface area contributed by atoms with Crippen molar-refractivity contribution in [1.29, 1.82) is 0 Å². The predicted molar refractivity (Wildman–Crippen MR) is 83.2 cm³/mol. The Bertz CT molecular complexity index is 489. The maximum atomic E-state index is 13.5. The van der Waals surface area contributed by atoms with Crippen LogP contribution >= 0.6 is 11.6 Å². The van der Waals surface area contributed by atoms with Crippen molar-refractivity contribution in [2.24, 2.45) is 0 Å². The lowest BCUT2D eigenvalue weighted by atomic mass is 10.0. The van der Waals surface area contributed by atoms with Crippen LogP contribution in [0.1, 0.15) is 43.0 Å². The number of piperidine rings is 1. The molecule has 0 spiro atoms. The minimum atomic E-state index is -0.547. The normalized spacial score (nSPS) is 18.5. The molecule has 1 aliphatic heterocycles. The second-order valence-corrected chi connectivity index (χ2v) is 5.88. The number of amides is 1. The molecule has 1 unspecified atom stereocenters. The highest BCUT2D eigenvalue weighted by molar-refractivity contribution is 6.34. The number of nitrogens with zero attached hydrogens (tertiary/aromatic N) is 1. The second kappa shape index (κ2) is 7.76. The highest BCUT2D eigenvalue weighted by Crippen LogP contribution is 2.22. The number of carbonyl (C=O) groups excluding carboxylic acids is 1. The lowest BCUT2D eigenvalue weighted by molar-refractivity contribution is 0.0731. The van der Waals surface area contributed by atoms with Crippen LogP contribution < -0.4 is 5.32 Å². The van der Waals surface area contributed by atoms with E-state index in [4.69, 9.17) is 11.6 Å². The van der Waals surface area contributed by atoms with Crippen LogP contribution in [0.4, 0.5) is 4.39 Å². The highest BCUT2D eigenvalue weighted by Gasteiger charge is 2.23. The molecule has 1 aromatic carbocycles. The molecule has 0 aromatic heterocycles. The predicted octanol–water partition coefficient (Wildman–Crippen LogP) is 3.47. The molecule has 21 heavy (non-hydrogen) atoms. The van der Waals surface area contributed by atoms with Crippen molar-refractivity contribution in [3.05, 3.63) is 34.6 Å². The number of benzene rings is 1. The summed E-state index contributed by atoms with van der Waals surface area (Å²) in [5, 5.41) is 3.36. The lowest BCUT2D eigenvalue weighted by Gasteiger charge is -2.30. The zero-order chi connectivity index (χ0) is 15.2. The third-order valence-electron chi connectivity index (χ3n) is 3.82. The van der Waals surface area contributed by atoms with Crippen molar-refractivity contribution in [1.82, 2.24) is 10.2 Å². The number of carbonyl (C=O) groups is 1. The zero-order valence-corrected chi connectivity index (χ0v) is 13.1. The summed E-state index contributed by atoms with van der Waals surface area (Å²) in [6.07, 6.45) is 4.32. The summed E-state index contributed by atoms with van der Waals surface area (Å²) < 4.78 is 13.5. The molecule has 0 aliphatic carbocycles. The molecule has 1 aromatic rings. The Morgan fingerprint density at radius 3 is 2.95 bits per heavy atom. The third-order valence-corrected chi connectivity index (χ3v) is 4.20. The van der Waals surface area contributed by atoms with Crippen LogP contribution in [0.3, 0.4) is 0 Å². The monoisotopic (exact) mass is 312 g/mol. The van der Waals surface area contributed by atoms with E-state index in [9.17, 15) is 9.18 Å². The van der Waals surface area contributed by atoms with Crippen molar-refractivity contribution in [3.8, 4) is 0 Å². The molecule has 0 bridgehead atoms. The van der Waals surface area contributed by atoms with Gasteiger partial charge in [0.25, 0.3) is 5.91 Å². The minimum Gasteiger partial charge on any atom is -0.337 e. The maximum absolute atomic E-state index is 13.5. The second-order valence-electron chi connectivity index (χ2n) is 5.50. The number of nitrogens with one attached hydrogen (secondary N) is 1. The third kappa shape index (κ3) is 4.17. The van der Waals surface area contributed by atoms with Gasteiger partial charge in [0.1, 0.15) is 5.82 Å². The Balaban J connectivity index is 2.12. The van der Waals surface area contributed by atoms with Crippen LogP contribution in [0, 0.1) is 5.82 Å². The van der Waals surface area contributed by atoms with Crippen LogP contribution in [-0.2, 0) is 0 Å². The Kier molecular flexibility index (Phi) is 6.00. The topological polar surface area (TPSA) is 32.3 Å². The van der Waals surface area contributed by atoms with E-state index in [2.05, 4.69) is 5.32 Å². The molecule has 1 aliphatic rings. The van der Waals surface area contributed by atoms with Gasteiger partial charge in [-0.25, -0.2) is 4.39 Å². The van der Waals surface area contributed by atoms with Crippen LogP contribution in [0.5, 0.6) is 0 Å². The highest BCUT2D eigenvalue weighted by atomic mass is 35.5. The molecule has 5 heteroatoms. The average molecular weight is 313 g/mol. The van der Waals surface area contributed by atoms with E-state index in [0.29, 0.717) is 19.1 Å². The van der Waals surface area contributed by atoms with Gasteiger partial charge in [0.2, 0.25) is 0 Å². The number of hydrogen-bond acceptors (Lipinski definition) is 2. The average Bonchev–Trinajstić information content (AvgIpc) is 2.50. The fourth-order valence-corrected chi connectivity index (χ4v) is 2.94. The molecular weight excluding hydrogens is 291 g/mol. The van der Waals surface area contributed by atoms with Crippen molar-refractivity contribution >= 4 is 17.5 Å². The van der Waals surface area contributed by atoms with Gasteiger partial charge < -0.3 is 10.2 Å². The largest absolute Gasteiger partial charge is 0.337 e. The van der Waals surface area contributed by atoms with Crippen molar-refractivity contribution in [3.63, 3.8) is 0 Å². The fourth-order valence-electron chi connectivity index (χ4n) is 2.73. The molecule has 1 amide bonds. The van der Waals surface area contributed by atoms with E-state index in [1.807, 2.05) is 6.92 Å². The Hall–Kier alpha value is -1.13. The van der Waals surface area contributed by atoms with E-state index < -0.39 is 5.82 Å². The summed E-state index contributed by atoms with van der Waals surface area (Å²) >= 11 is 5.94. The standard InChI is InChI=1S/C16H22ClFN2O/c1-2-10-20(11-12-6-3-4-9-19-12)16(21)13-7-5-8-14(18)15(13)17/h5,7-8,12,19H,2-4,6,9-11H2,1H3. The first-order chi connectivity index (χ1) is 10.1. The Labute approximate surface area is 130 Å². The summed E-state index contributed by atoms with van der Waals surface area (Å²) in [6.45, 7) is 4.34. The van der Waals surface area contributed by atoms with Gasteiger partial charge in [0.05, 0.1) is 10.6 Å². The Morgan fingerprint density at radius 1 is 1.48 bits per heavy atom. The molecule has 0 saturated carbocycles. The molecular formula is C16H22ClFN2O. The maximum Gasteiger partial charge on any atom is 0.255 e. The minimum absolute atomic E-state index is 0.0831. The van der Waals surface area contributed by atoms with E-state index >= 15 is 0 Å².